The van der Waals surface area contributed by atoms with Crippen LogP contribution in [0.2, 0.25) is 0 Å². The molecule has 3 atom stereocenters. The summed E-state index contributed by atoms with van der Waals surface area (Å²) in [6.45, 7) is 2.63. The molecule has 2 aliphatic rings. The summed E-state index contributed by atoms with van der Waals surface area (Å²) < 4.78 is 5.82. The molecule has 0 aromatic heterocycles. The zero-order chi connectivity index (χ0) is 11.4. The number of morpholine rings is 1. The Morgan fingerprint density at radius 3 is 3.06 bits per heavy atom. The Kier molecular flexibility index (Phi) is 4.16. The van der Waals surface area contributed by atoms with Gasteiger partial charge in [-0.25, -0.2) is 0 Å². The SMILES string of the molecule is CNC(C#N)CN1CCOC2CCCCC21. The molecule has 1 aliphatic carbocycles. The number of likely N-dealkylation sites (N-methyl/N-ethyl adjacent to an activating group) is 1. The Bertz CT molecular complexity index is 261. The summed E-state index contributed by atoms with van der Waals surface area (Å²) in [7, 11) is 1.85. The Morgan fingerprint density at radius 2 is 2.31 bits per heavy atom. The minimum atomic E-state index is -0.0549. The van der Waals surface area contributed by atoms with Gasteiger partial charge in [0, 0.05) is 19.1 Å². The van der Waals surface area contributed by atoms with Crippen LogP contribution in [0.25, 0.3) is 0 Å². The van der Waals surface area contributed by atoms with Crippen LogP contribution in [0.1, 0.15) is 25.7 Å². The van der Waals surface area contributed by atoms with Crippen molar-refractivity contribution in [1.82, 2.24) is 10.2 Å². The third-order valence-electron chi connectivity index (χ3n) is 3.77. The molecular weight excluding hydrogens is 202 g/mol. The second-order valence-corrected chi connectivity index (χ2v) is 4.73. The first kappa shape index (κ1) is 11.8. The number of hydrogen-bond acceptors (Lipinski definition) is 4. The molecule has 4 heteroatoms. The molecule has 1 saturated carbocycles. The normalized spacial score (nSPS) is 32.8. The van der Waals surface area contributed by atoms with Crippen LogP contribution in [-0.4, -0.2) is 49.8 Å². The average molecular weight is 223 g/mol. The van der Waals surface area contributed by atoms with Crippen LogP contribution in [-0.2, 0) is 4.74 Å². The number of nitriles is 1. The zero-order valence-corrected chi connectivity index (χ0v) is 9.98. The van der Waals surface area contributed by atoms with Gasteiger partial charge in [-0.05, 0) is 19.9 Å². The molecule has 2 rings (SSSR count). The third kappa shape index (κ3) is 2.54. The summed E-state index contributed by atoms with van der Waals surface area (Å²) in [5.41, 5.74) is 0. The van der Waals surface area contributed by atoms with E-state index in [2.05, 4.69) is 16.3 Å². The molecule has 0 aromatic carbocycles. The van der Waals surface area contributed by atoms with Crippen LogP contribution in [0.15, 0.2) is 0 Å². The van der Waals surface area contributed by atoms with Crippen molar-refractivity contribution in [1.29, 1.82) is 5.26 Å². The number of nitrogens with one attached hydrogen (secondary N) is 1. The summed E-state index contributed by atoms with van der Waals surface area (Å²) >= 11 is 0. The summed E-state index contributed by atoms with van der Waals surface area (Å²) in [5, 5.41) is 12.0. The molecule has 1 heterocycles. The molecule has 1 aliphatic heterocycles. The second kappa shape index (κ2) is 5.62. The number of ether oxygens (including phenoxy) is 1. The maximum atomic E-state index is 8.98. The largest absolute Gasteiger partial charge is 0.375 e. The van der Waals surface area contributed by atoms with Crippen LogP contribution in [0.3, 0.4) is 0 Å². The second-order valence-electron chi connectivity index (χ2n) is 4.73. The summed E-state index contributed by atoms with van der Waals surface area (Å²) in [6, 6.07) is 2.79. The lowest BCUT2D eigenvalue weighted by Crippen LogP contribution is -2.55. The molecule has 4 nitrogen and oxygen atoms in total. The highest BCUT2D eigenvalue weighted by molar-refractivity contribution is 4.95. The van der Waals surface area contributed by atoms with Crippen LogP contribution < -0.4 is 5.32 Å². The van der Waals surface area contributed by atoms with E-state index in [4.69, 9.17) is 10.00 Å². The first-order valence-electron chi connectivity index (χ1n) is 6.27. The van der Waals surface area contributed by atoms with Crippen LogP contribution >= 0.6 is 0 Å². The van der Waals surface area contributed by atoms with Gasteiger partial charge in [0.2, 0.25) is 0 Å². The molecule has 0 spiro atoms. The summed E-state index contributed by atoms with van der Waals surface area (Å²) in [6.07, 6.45) is 5.43. The van der Waals surface area contributed by atoms with Gasteiger partial charge < -0.3 is 10.1 Å². The van der Waals surface area contributed by atoms with E-state index in [-0.39, 0.29) is 6.04 Å². The summed E-state index contributed by atoms with van der Waals surface area (Å²) in [4.78, 5) is 2.44. The molecule has 0 aromatic rings. The molecule has 0 radical (unpaired) electrons. The van der Waals surface area contributed by atoms with Crippen LogP contribution in [0.4, 0.5) is 0 Å². The fourth-order valence-electron chi connectivity index (χ4n) is 2.83. The highest BCUT2D eigenvalue weighted by Gasteiger charge is 2.34. The first-order valence-corrected chi connectivity index (χ1v) is 6.27. The zero-order valence-electron chi connectivity index (χ0n) is 9.98. The molecule has 1 N–H and O–H groups in total. The Morgan fingerprint density at radius 1 is 1.50 bits per heavy atom. The lowest BCUT2D eigenvalue weighted by atomic mass is 9.90. The van der Waals surface area contributed by atoms with E-state index in [0.717, 1.165) is 19.7 Å². The molecule has 90 valence electrons. The number of rotatable bonds is 3. The summed E-state index contributed by atoms with van der Waals surface area (Å²) in [5.74, 6) is 0. The highest BCUT2D eigenvalue weighted by Crippen LogP contribution is 2.28. The van der Waals surface area contributed by atoms with Crippen molar-refractivity contribution >= 4 is 0 Å². The van der Waals surface area contributed by atoms with E-state index in [1.54, 1.807) is 0 Å². The Labute approximate surface area is 97.6 Å². The lowest BCUT2D eigenvalue weighted by molar-refractivity contribution is -0.0887. The van der Waals surface area contributed by atoms with Crippen molar-refractivity contribution in [2.24, 2.45) is 0 Å². The van der Waals surface area contributed by atoms with E-state index in [1.807, 2.05) is 7.05 Å². The standard InChI is InChI=1S/C12H21N3O/c1-14-10(8-13)9-15-6-7-16-12-5-3-2-4-11(12)15/h10-12,14H,2-7,9H2,1H3. The highest BCUT2D eigenvalue weighted by atomic mass is 16.5. The molecular formula is C12H21N3O. The topological polar surface area (TPSA) is 48.3 Å². The average Bonchev–Trinajstić information content (AvgIpc) is 2.36. The quantitative estimate of drug-likeness (QED) is 0.766. The Balaban J connectivity index is 1.94. The van der Waals surface area contributed by atoms with E-state index in [1.165, 1.54) is 25.7 Å². The number of fused-ring (bicyclic) bond motifs is 1. The van der Waals surface area contributed by atoms with Crippen molar-refractivity contribution < 1.29 is 4.74 Å². The molecule has 2 fully saturated rings. The van der Waals surface area contributed by atoms with Gasteiger partial charge in [0.1, 0.15) is 6.04 Å². The van der Waals surface area contributed by atoms with Gasteiger partial charge in [0.05, 0.1) is 18.8 Å². The molecule has 0 amide bonds. The predicted molar refractivity (Wildman–Crippen MR) is 62.0 cm³/mol. The fourth-order valence-corrected chi connectivity index (χ4v) is 2.83. The van der Waals surface area contributed by atoms with Crippen molar-refractivity contribution in [2.75, 3.05) is 26.7 Å². The number of hydrogen-bond donors (Lipinski definition) is 1. The van der Waals surface area contributed by atoms with E-state index in [0.29, 0.717) is 12.1 Å². The van der Waals surface area contributed by atoms with Gasteiger partial charge in [-0.1, -0.05) is 12.8 Å². The maximum absolute atomic E-state index is 8.98. The first-order chi connectivity index (χ1) is 7.85. The monoisotopic (exact) mass is 223 g/mol. The van der Waals surface area contributed by atoms with E-state index in [9.17, 15) is 0 Å². The molecule has 3 unspecified atom stereocenters. The predicted octanol–water partition coefficient (Wildman–Crippen LogP) is 0.741. The van der Waals surface area contributed by atoms with Crippen molar-refractivity contribution in [3.8, 4) is 6.07 Å². The lowest BCUT2D eigenvalue weighted by Gasteiger charge is -2.44. The minimum Gasteiger partial charge on any atom is -0.375 e. The third-order valence-corrected chi connectivity index (χ3v) is 3.77. The van der Waals surface area contributed by atoms with Gasteiger partial charge in [-0.2, -0.15) is 5.26 Å². The molecule has 1 saturated heterocycles. The van der Waals surface area contributed by atoms with Gasteiger partial charge in [-0.3, -0.25) is 4.90 Å². The van der Waals surface area contributed by atoms with Crippen LogP contribution in [0, 0.1) is 11.3 Å². The van der Waals surface area contributed by atoms with Crippen molar-refractivity contribution in [2.45, 2.75) is 43.9 Å². The van der Waals surface area contributed by atoms with Crippen molar-refractivity contribution in [3.63, 3.8) is 0 Å². The Hall–Kier alpha value is -0.630. The molecule has 16 heavy (non-hydrogen) atoms. The van der Waals surface area contributed by atoms with Gasteiger partial charge in [0.15, 0.2) is 0 Å². The van der Waals surface area contributed by atoms with Gasteiger partial charge >= 0.3 is 0 Å². The van der Waals surface area contributed by atoms with Gasteiger partial charge in [0.25, 0.3) is 0 Å². The molecule has 0 bridgehead atoms. The maximum Gasteiger partial charge on any atom is 0.108 e. The van der Waals surface area contributed by atoms with E-state index >= 15 is 0 Å². The minimum absolute atomic E-state index is 0.0549. The fraction of sp³-hybridized carbons (Fsp3) is 0.917. The van der Waals surface area contributed by atoms with Crippen LogP contribution in [0.5, 0.6) is 0 Å². The van der Waals surface area contributed by atoms with Gasteiger partial charge in [-0.15, -0.1) is 0 Å². The smallest absolute Gasteiger partial charge is 0.108 e. The number of nitrogens with zero attached hydrogens (tertiary/aromatic N) is 2. The van der Waals surface area contributed by atoms with E-state index < -0.39 is 0 Å². The van der Waals surface area contributed by atoms with Crippen molar-refractivity contribution in [3.05, 3.63) is 0 Å².